The quantitative estimate of drug-likeness (QED) is 0.557. The molecule has 2 aliphatic rings. The molecule has 28 heavy (non-hydrogen) atoms. The molecule has 0 saturated carbocycles. The number of likely N-dealkylation sites (tertiary alicyclic amines) is 1. The van der Waals surface area contributed by atoms with Gasteiger partial charge in [0.1, 0.15) is 5.75 Å². The molecular formula is C24H40N2O2. The molecule has 1 aromatic carbocycles. The second-order valence-electron chi connectivity index (χ2n) is 8.48. The van der Waals surface area contributed by atoms with Gasteiger partial charge in [0, 0.05) is 31.7 Å². The van der Waals surface area contributed by atoms with Crippen LogP contribution in [-0.2, 0) is 10.2 Å². The molecule has 2 aliphatic heterocycles. The van der Waals surface area contributed by atoms with Crippen molar-refractivity contribution in [2.75, 3.05) is 59.1 Å². The van der Waals surface area contributed by atoms with Gasteiger partial charge in [0.2, 0.25) is 0 Å². The summed E-state index contributed by atoms with van der Waals surface area (Å²) in [5.74, 6) is 1.01. The lowest BCUT2D eigenvalue weighted by atomic mass is 9.73. The summed E-state index contributed by atoms with van der Waals surface area (Å²) in [5, 5.41) is 0. The van der Waals surface area contributed by atoms with E-state index in [1.165, 1.54) is 44.5 Å². The van der Waals surface area contributed by atoms with Crippen LogP contribution in [0.15, 0.2) is 24.3 Å². The van der Waals surface area contributed by atoms with E-state index < -0.39 is 0 Å². The van der Waals surface area contributed by atoms with E-state index >= 15 is 0 Å². The summed E-state index contributed by atoms with van der Waals surface area (Å²) < 4.78 is 11.7. The van der Waals surface area contributed by atoms with Crippen LogP contribution in [0.25, 0.3) is 0 Å². The molecule has 2 heterocycles. The molecule has 0 unspecified atom stereocenters. The molecule has 0 amide bonds. The third kappa shape index (κ3) is 5.95. The second kappa shape index (κ2) is 11.2. The Labute approximate surface area is 172 Å². The van der Waals surface area contributed by atoms with Crippen molar-refractivity contribution in [2.45, 2.75) is 57.8 Å². The molecule has 3 rings (SSSR count). The number of piperidine rings is 1. The molecule has 1 aromatic rings. The smallest absolute Gasteiger partial charge is 0.119 e. The summed E-state index contributed by atoms with van der Waals surface area (Å²) in [5.41, 5.74) is 1.67. The lowest BCUT2D eigenvalue weighted by Crippen LogP contribution is -2.44. The predicted molar refractivity (Wildman–Crippen MR) is 116 cm³/mol. The van der Waals surface area contributed by atoms with Gasteiger partial charge in [-0.05, 0) is 76.0 Å². The van der Waals surface area contributed by atoms with Crippen LogP contribution in [0.4, 0.5) is 0 Å². The number of nitrogens with zero attached hydrogens (tertiary/aromatic N) is 2. The lowest BCUT2D eigenvalue weighted by molar-refractivity contribution is 0.0352. The van der Waals surface area contributed by atoms with E-state index in [0.29, 0.717) is 0 Å². The Hall–Kier alpha value is -1.10. The molecule has 0 atom stereocenters. The van der Waals surface area contributed by atoms with Crippen molar-refractivity contribution < 1.29 is 9.47 Å². The van der Waals surface area contributed by atoms with Gasteiger partial charge >= 0.3 is 0 Å². The highest BCUT2D eigenvalue weighted by atomic mass is 16.5. The fourth-order valence-corrected chi connectivity index (χ4v) is 4.74. The first-order valence-corrected chi connectivity index (χ1v) is 11.5. The van der Waals surface area contributed by atoms with E-state index in [1.54, 1.807) is 0 Å². The van der Waals surface area contributed by atoms with Crippen molar-refractivity contribution in [2.24, 2.45) is 0 Å². The van der Waals surface area contributed by atoms with Gasteiger partial charge in [-0.1, -0.05) is 32.4 Å². The van der Waals surface area contributed by atoms with Gasteiger partial charge in [-0.2, -0.15) is 0 Å². The maximum absolute atomic E-state index is 6.03. The third-order valence-electron chi connectivity index (χ3n) is 6.67. The fourth-order valence-electron chi connectivity index (χ4n) is 4.74. The van der Waals surface area contributed by atoms with E-state index in [-0.39, 0.29) is 5.41 Å². The Kier molecular flexibility index (Phi) is 8.63. The minimum atomic E-state index is 0.219. The van der Waals surface area contributed by atoms with Crippen LogP contribution in [0.5, 0.6) is 5.75 Å². The van der Waals surface area contributed by atoms with Crippen LogP contribution in [-0.4, -0.2) is 68.9 Å². The molecule has 2 saturated heterocycles. The first kappa shape index (κ1) is 21.6. The lowest BCUT2D eigenvalue weighted by Gasteiger charge is -2.41. The highest BCUT2D eigenvalue weighted by Crippen LogP contribution is 2.36. The molecule has 4 nitrogen and oxygen atoms in total. The number of rotatable bonds is 10. The summed E-state index contributed by atoms with van der Waals surface area (Å²) in [4.78, 5) is 5.13. The number of likely N-dealkylation sites (N-methyl/N-ethyl adjacent to an activating group) is 1. The molecule has 0 N–H and O–H groups in total. The standard InChI is InChI=1S/C24H40N2O2/c1-3-25(4-2)21-24(13-19-27-20-14-24)22-9-11-23(12-10-22)28-18-8-17-26-15-6-5-7-16-26/h9-12H,3-8,13-21H2,1-2H3. The minimum absolute atomic E-state index is 0.219. The Morgan fingerprint density at radius 2 is 1.68 bits per heavy atom. The van der Waals surface area contributed by atoms with Gasteiger partial charge in [0.25, 0.3) is 0 Å². The maximum Gasteiger partial charge on any atom is 0.119 e. The number of hydrogen-bond acceptors (Lipinski definition) is 4. The normalized spacial score (nSPS) is 20.4. The Balaban J connectivity index is 1.53. The van der Waals surface area contributed by atoms with Gasteiger partial charge in [-0.25, -0.2) is 0 Å². The third-order valence-corrected chi connectivity index (χ3v) is 6.67. The van der Waals surface area contributed by atoms with Crippen LogP contribution in [0.1, 0.15) is 57.9 Å². The fraction of sp³-hybridized carbons (Fsp3) is 0.750. The average molecular weight is 389 g/mol. The van der Waals surface area contributed by atoms with Crippen LogP contribution in [0, 0.1) is 0 Å². The van der Waals surface area contributed by atoms with E-state index in [9.17, 15) is 0 Å². The summed E-state index contributed by atoms with van der Waals surface area (Å²) >= 11 is 0. The average Bonchev–Trinajstić information content (AvgIpc) is 2.77. The SMILES string of the molecule is CCN(CC)CC1(c2ccc(OCCCN3CCCCC3)cc2)CCOCC1. The molecule has 158 valence electrons. The van der Waals surface area contributed by atoms with Crippen molar-refractivity contribution in [1.29, 1.82) is 0 Å². The van der Waals surface area contributed by atoms with Crippen molar-refractivity contribution in [1.82, 2.24) is 9.80 Å². The van der Waals surface area contributed by atoms with E-state index in [0.717, 1.165) is 64.5 Å². The number of hydrogen-bond donors (Lipinski definition) is 0. The Bertz CT molecular complexity index is 544. The van der Waals surface area contributed by atoms with Crippen LogP contribution in [0.3, 0.4) is 0 Å². The van der Waals surface area contributed by atoms with Crippen molar-refractivity contribution in [3.05, 3.63) is 29.8 Å². The van der Waals surface area contributed by atoms with Gasteiger partial charge in [0.05, 0.1) is 6.61 Å². The predicted octanol–water partition coefficient (Wildman–Crippen LogP) is 4.33. The van der Waals surface area contributed by atoms with E-state index in [1.807, 2.05) is 0 Å². The van der Waals surface area contributed by atoms with Gasteiger partial charge in [-0.15, -0.1) is 0 Å². The first-order valence-electron chi connectivity index (χ1n) is 11.5. The molecule has 2 fully saturated rings. The van der Waals surface area contributed by atoms with Gasteiger partial charge in [0.15, 0.2) is 0 Å². The molecule has 0 aliphatic carbocycles. The maximum atomic E-state index is 6.03. The zero-order valence-electron chi connectivity index (χ0n) is 18.1. The van der Waals surface area contributed by atoms with Crippen LogP contribution in [0.2, 0.25) is 0 Å². The van der Waals surface area contributed by atoms with Crippen LogP contribution >= 0.6 is 0 Å². The Morgan fingerprint density at radius 1 is 1.00 bits per heavy atom. The summed E-state index contributed by atoms with van der Waals surface area (Å²) in [7, 11) is 0. The van der Waals surface area contributed by atoms with E-state index in [2.05, 4.69) is 47.9 Å². The van der Waals surface area contributed by atoms with E-state index in [4.69, 9.17) is 9.47 Å². The molecule has 0 aromatic heterocycles. The van der Waals surface area contributed by atoms with Crippen molar-refractivity contribution in [3.8, 4) is 5.75 Å². The van der Waals surface area contributed by atoms with Crippen molar-refractivity contribution in [3.63, 3.8) is 0 Å². The topological polar surface area (TPSA) is 24.9 Å². The number of ether oxygens (including phenoxy) is 2. The minimum Gasteiger partial charge on any atom is -0.494 e. The van der Waals surface area contributed by atoms with Gasteiger partial charge < -0.3 is 19.3 Å². The Morgan fingerprint density at radius 3 is 2.32 bits per heavy atom. The highest BCUT2D eigenvalue weighted by Gasteiger charge is 2.35. The summed E-state index contributed by atoms with van der Waals surface area (Å²) in [6, 6.07) is 8.95. The molecule has 0 bridgehead atoms. The zero-order valence-corrected chi connectivity index (χ0v) is 18.1. The number of benzene rings is 1. The first-order chi connectivity index (χ1) is 13.8. The van der Waals surface area contributed by atoms with Crippen molar-refractivity contribution >= 4 is 0 Å². The van der Waals surface area contributed by atoms with Crippen LogP contribution < -0.4 is 4.74 Å². The monoisotopic (exact) mass is 388 g/mol. The molecule has 4 heteroatoms. The summed E-state index contributed by atoms with van der Waals surface area (Å²) in [6.45, 7) is 14.1. The second-order valence-corrected chi connectivity index (χ2v) is 8.48. The molecule has 0 radical (unpaired) electrons. The van der Waals surface area contributed by atoms with Gasteiger partial charge in [-0.3, -0.25) is 0 Å². The largest absolute Gasteiger partial charge is 0.494 e. The molecular weight excluding hydrogens is 348 g/mol. The zero-order chi connectivity index (χ0) is 19.7. The highest BCUT2D eigenvalue weighted by molar-refractivity contribution is 5.33. The summed E-state index contributed by atoms with van der Waals surface area (Å²) in [6.07, 6.45) is 7.47. The molecule has 0 spiro atoms.